The van der Waals surface area contributed by atoms with Gasteiger partial charge in [0.1, 0.15) is 63.2 Å². The molecule has 19 heteroatoms. The number of carboxylic acids is 2. The molecular formula is C87H60Cl2O17. The first-order valence-corrected chi connectivity index (χ1v) is 34.2. The third-order valence-electron chi connectivity index (χ3n) is 19.0. The highest BCUT2D eigenvalue weighted by Gasteiger charge is 2.55. The minimum absolute atomic E-state index is 0.111. The highest BCUT2D eigenvalue weighted by atomic mass is 35.5. The van der Waals surface area contributed by atoms with Crippen molar-refractivity contribution in [1.29, 1.82) is 0 Å². The first kappa shape index (κ1) is 68.8. The second-order valence-electron chi connectivity index (χ2n) is 25.9. The zero-order valence-corrected chi connectivity index (χ0v) is 58.6. The van der Waals surface area contributed by atoms with Crippen LogP contribution in [0.25, 0.3) is 0 Å². The molecule has 0 aliphatic carbocycles. The average Bonchev–Trinajstić information content (AvgIpc) is 1.49. The summed E-state index contributed by atoms with van der Waals surface area (Å²) in [6.45, 7) is 8.58. The summed E-state index contributed by atoms with van der Waals surface area (Å²) < 4.78 is 46.7. The number of carbonyl (C=O) groups is 6. The van der Waals surface area contributed by atoms with Crippen LogP contribution in [0.1, 0.15) is 151 Å². The number of rotatable bonds is 6. The number of esters is 4. The van der Waals surface area contributed by atoms with E-state index in [1.807, 2.05) is 142 Å². The zero-order chi connectivity index (χ0) is 74.0. The normalized spacial score (nSPS) is 16.0. The van der Waals surface area contributed by atoms with Crippen LogP contribution in [0.3, 0.4) is 0 Å². The van der Waals surface area contributed by atoms with Gasteiger partial charge in [0, 0.05) is 110 Å². The molecule has 106 heavy (non-hydrogen) atoms. The molecule has 18 rings (SSSR count). The van der Waals surface area contributed by atoms with Crippen LogP contribution < -0.4 is 28.4 Å². The van der Waals surface area contributed by atoms with E-state index in [1.165, 1.54) is 13.8 Å². The number of phenolic OH excluding ortho intramolecular Hbond substituents is 1. The van der Waals surface area contributed by atoms with Gasteiger partial charge in [-0.3, -0.25) is 9.59 Å². The second kappa shape index (κ2) is 27.3. The van der Waals surface area contributed by atoms with Gasteiger partial charge in [0.15, 0.2) is 11.2 Å². The van der Waals surface area contributed by atoms with E-state index in [2.05, 4.69) is 0 Å². The van der Waals surface area contributed by atoms with Crippen LogP contribution in [0.15, 0.2) is 243 Å². The maximum Gasteiger partial charge on any atom is 0.340 e. The Morgan fingerprint density at radius 2 is 0.689 bits per heavy atom. The van der Waals surface area contributed by atoms with Crippen molar-refractivity contribution in [3.05, 3.63) is 358 Å². The molecule has 3 N–H and O–H groups in total. The molecule has 2 spiro atoms. The van der Waals surface area contributed by atoms with E-state index in [4.69, 9.17) is 61.1 Å². The summed E-state index contributed by atoms with van der Waals surface area (Å²) >= 11 is 12.3. The summed E-state index contributed by atoms with van der Waals surface area (Å²) in [5, 5.41) is 30.2. The number of aryl methyl sites for hydroxylation is 3. The zero-order valence-electron chi connectivity index (χ0n) is 57.1. The van der Waals surface area contributed by atoms with E-state index in [1.54, 1.807) is 121 Å². The Morgan fingerprint density at radius 1 is 0.358 bits per heavy atom. The van der Waals surface area contributed by atoms with Gasteiger partial charge in [0.05, 0.1) is 22.3 Å². The van der Waals surface area contributed by atoms with Crippen molar-refractivity contribution in [3.63, 3.8) is 0 Å². The molecule has 6 aliphatic heterocycles. The third-order valence-corrected chi connectivity index (χ3v) is 19.5. The summed E-state index contributed by atoms with van der Waals surface area (Å²) in [4.78, 5) is 71.7. The van der Waals surface area contributed by atoms with Gasteiger partial charge >= 0.3 is 35.8 Å². The Morgan fingerprint density at radius 3 is 1.15 bits per heavy atom. The van der Waals surface area contributed by atoms with Crippen molar-refractivity contribution < 1.29 is 82.0 Å². The largest absolute Gasteiger partial charge is 0.508 e. The average molecular weight is 1450 g/mol. The fourth-order valence-electron chi connectivity index (χ4n) is 14.6. The second-order valence-corrected chi connectivity index (χ2v) is 26.8. The molecule has 3 unspecified atom stereocenters. The van der Waals surface area contributed by atoms with E-state index in [9.17, 15) is 44.1 Å². The van der Waals surface area contributed by atoms with Gasteiger partial charge in [-0.05, 0) is 152 Å². The molecule has 6 heterocycles. The monoisotopic (exact) mass is 1450 g/mol. The lowest BCUT2D eigenvalue weighted by atomic mass is 9.77. The van der Waals surface area contributed by atoms with Crippen LogP contribution in [0.5, 0.6) is 63.2 Å². The number of aromatic hydroxyl groups is 1. The fourth-order valence-corrected chi connectivity index (χ4v) is 14.9. The maximum atomic E-state index is 12.8. The van der Waals surface area contributed by atoms with Crippen LogP contribution in [0.2, 0.25) is 10.0 Å². The molecule has 0 fully saturated rings. The van der Waals surface area contributed by atoms with Crippen LogP contribution >= 0.6 is 23.2 Å². The van der Waals surface area contributed by atoms with Crippen LogP contribution in [0.4, 0.5) is 0 Å². The summed E-state index contributed by atoms with van der Waals surface area (Å²) in [5.41, 5.74) is 11.9. The SMILES string of the molecule is CC(=O)Oc1ccc2c(c1)Oc1cc(OC(C)=O)ccc1C21OC(=O)c2ccccc21.Cc1ccc2c(c1)Oc1cc(Cl)ccc1C21OC(=O)c2ccccc21.Cc1ccc2c(c1)Oc1cc(Cl)ccc1C2c1ccccc1C(=O)O.Cc1ccc2c(c1)Oc1cc(O)ccc1C2c1ccccc1C(=O)O. The number of carboxylic acid groups (broad SMARTS) is 2. The summed E-state index contributed by atoms with van der Waals surface area (Å²) in [7, 11) is 0. The number of benzene rings is 12. The van der Waals surface area contributed by atoms with E-state index in [0.717, 1.165) is 66.9 Å². The first-order valence-electron chi connectivity index (χ1n) is 33.5. The van der Waals surface area contributed by atoms with Crippen molar-refractivity contribution in [1.82, 2.24) is 0 Å². The standard InChI is InChI=1S/C24H16O7.C21H13ClO3.C21H15ClO3.C21H16O4/c1-13(25)28-15-7-9-19-21(11-15)30-22-12-16(29-14(2)26)8-10-20(22)24(19)18-6-4-3-5-17(18)23(27)31-24;1-12-6-8-16-18(10-12)24-19-11-13(22)7-9-17(19)21(16)15-5-3-2-4-14(15)20(23)25-21;2*1-12-6-8-16-18(10-12)25-19-11-13(22)7-9-17(19)20(16)14-4-2-3-5-15(14)21(23)24/h3-12H,1-2H3;2-11H,1H3;2-11,20H,1H3,(H,23,24);2-11,20,22H,1H3,(H,23,24). The van der Waals surface area contributed by atoms with Crippen LogP contribution in [-0.4, -0.2) is 51.1 Å². The van der Waals surface area contributed by atoms with Crippen molar-refractivity contribution in [2.24, 2.45) is 0 Å². The van der Waals surface area contributed by atoms with E-state index < -0.39 is 41.0 Å². The smallest absolute Gasteiger partial charge is 0.340 e. The lowest BCUT2D eigenvalue weighted by Gasteiger charge is -2.36. The summed E-state index contributed by atoms with van der Waals surface area (Å²) in [5.74, 6) is 1.20. The Bertz CT molecular complexity index is 5310. The van der Waals surface area contributed by atoms with E-state index in [-0.39, 0.29) is 29.1 Å². The predicted molar refractivity (Wildman–Crippen MR) is 393 cm³/mol. The number of fused-ring (bicyclic) bond motifs is 16. The van der Waals surface area contributed by atoms with Gasteiger partial charge in [0.2, 0.25) is 0 Å². The number of hydrogen-bond acceptors (Lipinski definition) is 15. The van der Waals surface area contributed by atoms with Gasteiger partial charge < -0.3 is 53.2 Å². The lowest BCUT2D eigenvalue weighted by molar-refractivity contribution is -0.132. The van der Waals surface area contributed by atoms with Crippen molar-refractivity contribution >= 4 is 59.0 Å². The predicted octanol–water partition coefficient (Wildman–Crippen LogP) is 19.6. The Balaban J connectivity index is 0.000000114. The van der Waals surface area contributed by atoms with Gasteiger partial charge in [0.25, 0.3) is 0 Å². The topological polar surface area (TPSA) is 237 Å². The molecule has 12 aromatic rings. The minimum Gasteiger partial charge on any atom is -0.508 e. The summed E-state index contributed by atoms with van der Waals surface area (Å²) in [6, 6.07) is 72.2. The van der Waals surface area contributed by atoms with Crippen LogP contribution in [-0.2, 0) is 30.3 Å². The molecule has 524 valence electrons. The first-order chi connectivity index (χ1) is 51.1. The molecule has 12 aromatic carbocycles. The van der Waals surface area contributed by atoms with Crippen LogP contribution in [0, 0.1) is 20.8 Å². The number of ether oxygens (including phenoxy) is 8. The maximum absolute atomic E-state index is 12.8. The molecule has 0 bridgehead atoms. The van der Waals surface area contributed by atoms with Gasteiger partial charge in [-0.1, -0.05) is 145 Å². The molecule has 0 amide bonds. The molecule has 17 nitrogen and oxygen atoms in total. The molecule has 0 radical (unpaired) electrons. The van der Waals surface area contributed by atoms with Crippen molar-refractivity contribution in [2.45, 2.75) is 57.7 Å². The highest BCUT2D eigenvalue weighted by molar-refractivity contribution is 6.31. The molecule has 0 saturated carbocycles. The van der Waals surface area contributed by atoms with Crippen molar-refractivity contribution in [2.75, 3.05) is 0 Å². The van der Waals surface area contributed by atoms with E-state index in [0.29, 0.717) is 101 Å². The third kappa shape index (κ3) is 12.3. The molecule has 6 aliphatic rings. The minimum atomic E-state index is -1.25. The molecule has 3 atom stereocenters. The lowest BCUT2D eigenvalue weighted by Crippen LogP contribution is -2.33. The van der Waals surface area contributed by atoms with Crippen molar-refractivity contribution in [3.8, 4) is 63.2 Å². The Kier molecular flexibility index (Phi) is 17.7. The number of aromatic carboxylic acids is 2. The number of halogens is 2. The molecule has 0 aromatic heterocycles. The molecular weight excluding hydrogens is 1390 g/mol. The number of hydrogen-bond donors (Lipinski definition) is 3. The molecule has 0 saturated heterocycles. The Hall–Kier alpha value is -13.0. The van der Waals surface area contributed by atoms with E-state index >= 15 is 0 Å². The van der Waals surface area contributed by atoms with Gasteiger partial charge in [-0.2, -0.15) is 0 Å². The fraction of sp³-hybridized carbons (Fsp3) is 0.103. The van der Waals surface area contributed by atoms with Gasteiger partial charge in [-0.15, -0.1) is 0 Å². The highest BCUT2D eigenvalue weighted by Crippen LogP contribution is 2.59. The summed E-state index contributed by atoms with van der Waals surface area (Å²) in [6.07, 6.45) is 0. The number of phenols is 1. The van der Waals surface area contributed by atoms with Gasteiger partial charge in [-0.25, -0.2) is 19.2 Å². The Labute approximate surface area is 616 Å². The quantitative estimate of drug-likeness (QED) is 0.104. The number of carbonyl (C=O) groups excluding carboxylic acids is 4.